The Morgan fingerprint density at radius 2 is 2.14 bits per heavy atom. The first-order valence-electron chi connectivity index (χ1n) is 7.61. The molecule has 2 atom stereocenters. The third kappa shape index (κ3) is 2.87. The summed E-state index contributed by atoms with van der Waals surface area (Å²) in [4.78, 5) is 17.1. The number of carbonyl (C=O) groups is 1. The number of fused-ring (bicyclic) bond motifs is 1. The van der Waals surface area contributed by atoms with E-state index in [2.05, 4.69) is 11.9 Å². The first kappa shape index (κ1) is 14.7. The molecule has 1 aromatic carbocycles. The number of piperidine rings is 2. The lowest BCUT2D eigenvalue weighted by atomic mass is 9.84. The SMILES string of the molecule is CN1CCCC2CN(C(=O)c3ccc(Cl)c(N)c3)CCC21. The Hall–Kier alpha value is -1.26. The van der Waals surface area contributed by atoms with Crippen molar-refractivity contribution in [2.24, 2.45) is 5.92 Å². The average molecular weight is 308 g/mol. The summed E-state index contributed by atoms with van der Waals surface area (Å²) in [5.74, 6) is 0.677. The van der Waals surface area contributed by atoms with Crippen LogP contribution in [0.3, 0.4) is 0 Å². The molecule has 21 heavy (non-hydrogen) atoms. The Morgan fingerprint density at radius 3 is 2.90 bits per heavy atom. The zero-order valence-corrected chi connectivity index (χ0v) is 13.1. The predicted octanol–water partition coefficient (Wildman–Crippen LogP) is 2.48. The van der Waals surface area contributed by atoms with Crippen molar-refractivity contribution in [2.45, 2.75) is 25.3 Å². The second kappa shape index (κ2) is 5.85. The quantitative estimate of drug-likeness (QED) is 0.811. The summed E-state index contributed by atoms with van der Waals surface area (Å²) in [6.07, 6.45) is 3.52. The molecule has 0 radical (unpaired) electrons. The molecule has 2 aliphatic heterocycles. The molecule has 5 heteroatoms. The maximum Gasteiger partial charge on any atom is 0.253 e. The van der Waals surface area contributed by atoms with Crippen LogP contribution in [0, 0.1) is 5.92 Å². The minimum atomic E-state index is 0.0741. The van der Waals surface area contributed by atoms with Crippen LogP contribution in [0.2, 0.25) is 5.02 Å². The Labute approximate surface area is 130 Å². The first-order valence-corrected chi connectivity index (χ1v) is 7.98. The molecule has 2 saturated heterocycles. The van der Waals surface area contributed by atoms with Gasteiger partial charge < -0.3 is 15.5 Å². The number of carbonyl (C=O) groups excluding carboxylic acids is 1. The molecule has 0 aliphatic carbocycles. The summed E-state index contributed by atoms with van der Waals surface area (Å²) in [6.45, 7) is 2.87. The maximum absolute atomic E-state index is 12.6. The van der Waals surface area contributed by atoms with E-state index in [9.17, 15) is 4.79 Å². The van der Waals surface area contributed by atoms with Gasteiger partial charge in [0.15, 0.2) is 0 Å². The van der Waals surface area contributed by atoms with Crippen molar-refractivity contribution in [2.75, 3.05) is 32.4 Å². The van der Waals surface area contributed by atoms with E-state index >= 15 is 0 Å². The van der Waals surface area contributed by atoms with E-state index in [1.807, 2.05) is 4.90 Å². The molecule has 0 saturated carbocycles. The van der Waals surface area contributed by atoms with Crippen molar-refractivity contribution < 1.29 is 4.79 Å². The molecular weight excluding hydrogens is 286 g/mol. The standard InChI is InChI=1S/C16H22ClN3O/c1-19-7-2-3-12-10-20(8-6-15(12)19)16(21)11-4-5-13(17)14(18)9-11/h4-5,9,12,15H,2-3,6-8,10,18H2,1H3. The van der Waals surface area contributed by atoms with Crippen LogP contribution in [0.4, 0.5) is 5.69 Å². The van der Waals surface area contributed by atoms with Crippen LogP contribution in [0.15, 0.2) is 18.2 Å². The van der Waals surface area contributed by atoms with Crippen LogP contribution in [0.1, 0.15) is 29.6 Å². The molecule has 2 aliphatic rings. The lowest BCUT2D eigenvalue weighted by Gasteiger charge is -2.46. The smallest absolute Gasteiger partial charge is 0.253 e. The Bertz CT molecular complexity index is 548. The van der Waals surface area contributed by atoms with Gasteiger partial charge in [0.25, 0.3) is 5.91 Å². The zero-order valence-electron chi connectivity index (χ0n) is 12.4. The van der Waals surface area contributed by atoms with Crippen molar-refractivity contribution in [3.63, 3.8) is 0 Å². The number of anilines is 1. The molecule has 2 heterocycles. The van der Waals surface area contributed by atoms with Crippen LogP contribution in [-0.4, -0.2) is 48.4 Å². The monoisotopic (exact) mass is 307 g/mol. The second-order valence-corrected chi connectivity index (χ2v) is 6.63. The molecule has 0 spiro atoms. The average Bonchev–Trinajstić information content (AvgIpc) is 2.49. The van der Waals surface area contributed by atoms with Crippen LogP contribution in [-0.2, 0) is 0 Å². The van der Waals surface area contributed by atoms with Gasteiger partial charge in [-0.1, -0.05) is 11.6 Å². The van der Waals surface area contributed by atoms with Crippen molar-refractivity contribution in [1.29, 1.82) is 0 Å². The summed E-state index contributed by atoms with van der Waals surface area (Å²) in [5.41, 5.74) is 6.91. The van der Waals surface area contributed by atoms with Gasteiger partial charge in [-0.2, -0.15) is 0 Å². The van der Waals surface area contributed by atoms with Gasteiger partial charge in [-0.15, -0.1) is 0 Å². The molecule has 0 aromatic heterocycles. The third-order valence-corrected chi connectivity index (χ3v) is 5.22. The number of halogens is 1. The van der Waals surface area contributed by atoms with E-state index in [4.69, 9.17) is 17.3 Å². The number of likely N-dealkylation sites (tertiary alicyclic amines) is 2. The highest BCUT2D eigenvalue weighted by molar-refractivity contribution is 6.33. The van der Waals surface area contributed by atoms with E-state index in [0.717, 1.165) is 19.5 Å². The highest BCUT2D eigenvalue weighted by atomic mass is 35.5. The maximum atomic E-state index is 12.6. The topological polar surface area (TPSA) is 49.6 Å². The van der Waals surface area contributed by atoms with E-state index in [0.29, 0.717) is 28.2 Å². The van der Waals surface area contributed by atoms with Gasteiger partial charge >= 0.3 is 0 Å². The number of hydrogen-bond donors (Lipinski definition) is 1. The lowest BCUT2D eigenvalue weighted by Crippen LogP contribution is -2.53. The summed E-state index contributed by atoms with van der Waals surface area (Å²) in [7, 11) is 2.20. The fourth-order valence-electron chi connectivity index (χ4n) is 3.70. The Kier molecular flexibility index (Phi) is 4.09. The largest absolute Gasteiger partial charge is 0.398 e. The van der Waals surface area contributed by atoms with E-state index in [-0.39, 0.29) is 5.91 Å². The first-order chi connectivity index (χ1) is 10.1. The van der Waals surface area contributed by atoms with Gasteiger partial charge in [0.05, 0.1) is 10.7 Å². The number of rotatable bonds is 1. The molecule has 1 amide bonds. The summed E-state index contributed by atoms with van der Waals surface area (Å²) in [6, 6.07) is 5.79. The van der Waals surface area contributed by atoms with E-state index in [1.54, 1.807) is 18.2 Å². The number of nitrogens with zero attached hydrogens (tertiary/aromatic N) is 2. The minimum Gasteiger partial charge on any atom is -0.398 e. The van der Waals surface area contributed by atoms with Gasteiger partial charge in [-0.25, -0.2) is 0 Å². The lowest BCUT2D eigenvalue weighted by molar-refractivity contribution is 0.0317. The van der Waals surface area contributed by atoms with Crippen molar-refractivity contribution in [1.82, 2.24) is 9.80 Å². The molecule has 114 valence electrons. The Balaban J connectivity index is 1.72. The van der Waals surface area contributed by atoms with Gasteiger partial charge in [0.1, 0.15) is 0 Å². The van der Waals surface area contributed by atoms with Crippen LogP contribution < -0.4 is 5.73 Å². The molecule has 1 aromatic rings. The normalized spacial score (nSPS) is 26.5. The van der Waals surface area contributed by atoms with Gasteiger partial charge in [-0.3, -0.25) is 4.79 Å². The van der Waals surface area contributed by atoms with Crippen molar-refractivity contribution in [3.05, 3.63) is 28.8 Å². The summed E-state index contributed by atoms with van der Waals surface area (Å²) >= 11 is 5.92. The molecular formula is C16H22ClN3O. The number of hydrogen-bond acceptors (Lipinski definition) is 3. The second-order valence-electron chi connectivity index (χ2n) is 6.23. The molecule has 2 N–H and O–H groups in total. The fourth-order valence-corrected chi connectivity index (χ4v) is 3.81. The summed E-state index contributed by atoms with van der Waals surface area (Å²) < 4.78 is 0. The third-order valence-electron chi connectivity index (χ3n) is 4.88. The highest BCUT2D eigenvalue weighted by Crippen LogP contribution is 2.30. The predicted molar refractivity (Wildman–Crippen MR) is 85.5 cm³/mol. The molecule has 3 rings (SSSR count). The number of amides is 1. The molecule has 0 bridgehead atoms. The Morgan fingerprint density at radius 1 is 1.33 bits per heavy atom. The van der Waals surface area contributed by atoms with E-state index in [1.165, 1.54) is 19.4 Å². The van der Waals surface area contributed by atoms with Crippen molar-refractivity contribution >= 4 is 23.2 Å². The van der Waals surface area contributed by atoms with Gasteiger partial charge in [0, 0.05) is 24.7 Å². The minimum absolute atomic E-state index is 0.0741. The zero-order chi connectivity index (χ0) is 15.0. The highest BCUT2D eigenvalue weighted by Gasteiger charge is 2.35. The number of benzene rings is 1. The van der Waals surface area contributed by atoms with Crippen molar-refractivity contribution in [3.8, 4) is 0 Å². The molecule has 2 unspecified atom stereocenters. The number of nitrogen functional groups attached to an aromatic ring is 1. The fraction of sp³-hybridized carbons (Fsp3) is 0.562. The van der Waals surface area contributed by atoms with Crippen LogP contribution >= 0.6 is 11.6 Å². The van der Waals surface area contributed by atoms with Gasteiger partial charge in [-0.05, 0) is 57.0 Å². The molecule has 2 fully saturated rings. The molecule has 4 nitrogen and oxygen atoms in total. The van der Waals surface area contributed by atoms with E-state index < -0.39 is 0 Å². The van der Waals surface area contributed by atoms with Crippen LogP contribution in [0.5, 0.6) is 0 Å². The number of nitrogens with two attached hydrogens (primary N) is 1. The van der Waals surface area contributed by atoms with Gasteiger partial charge in [0.2, 0.25) is 0 Å². The van der Waals surface area contributed by atoms with Crippen LogP contribution in [0.25, 0.3) is 0 Å². The summed E-state index contributed by atoms with van der Waals surface area (Å²) in [5, 5.41) is 0.499.